The zero-order valence-corrected chi connectivity index (χ0v) is 36.0. The quantitative estimate of drug-likeness (QED) is 0.0388. The molecule has 0 bridgehead atoms. The maximum Gasteiger partial charge on any atom is 0.330 e. The number of carbonyl (C=O) groups is 2. The molecule has 0 heterocycles. The van der Waals surface area contributed by atoms with Crippen LogP contribution < -0.4 is 0 Å². The number of hydrogen-bond acceptors (Lipinski definition) is 3. The fraction of sp³-hybridized carbons (Fsp3) is 0.875. The van der Waals surface area contributed by atoms with Crippen molar-refractivity contribution in [3.8, 4) is 0 Å². The highest BCUT2D eigenvalue weighted by Crippen LogP contribution is 2.21. The van der Waals surface area contributed by atoms with Crippen molar-refractivity contribution in [2.24, 2.45) is 0 Å². The molecule has 0 aliphatic carbocycles. The van der Waals surface area contributed by atoms with Gasteiger partial charge in [-0.3, -0.25) is 0 Å². The van der Waals surface area contributed by atoms with Gasteiger partial charge in [0.1, 0.15) is 0 Å². The number of aliphatic carboxylic acids is 1. The highest BCUT2D eigenvalue weighted by Gasteiger charge is 2.05. The Bertz CT molecular complexity index is 754. The van der Waals surface area contributed by atoms with Crippen LogP contribution in [0.2, 0.25) is 0 Å². The van der Waals surface area contributed by atoms with Crippen LogP contribution in [0, 0.1) is 0 Å². The number of esters is 1. The maximum absolute atomic E-state index is 11.7. The van der Waals surface area contributed by atoms with Crippen LogP contribution in [-0.4, -0.2) is 23.7 Å². The van der Waals surface area contributed by atoms with Crippen molar-refractivity contribution in [1.29, 1.82) is 0 Å². The normalized spacial score (nSPS) is 10.8. The van der Waals surface area contributed by atoms with Crippen LogP contribution in [-0.2, 0) is 14.3 Å². The van der Waals surface area contributed by atoms with E-state index in [0.717, 1.165) is 44.1 Å². The van der Waals surface area contributed by atoms with E-state index in [4.69, 9.17) is 9.84 Å². The third-order valence-corrected chi connectivity index (χ3v) is 10.3. The third-order valence-electron chi connectivity index (χ3n) is 10.3. The van der Waals surface area contributed by atoms with Gasteiger partial charge in [-0.2, -0.15) is 0 Å². The Hall–Kier alpha value is -1.58. The van der Waals surface area contributed by atoms with E-state index in [-0.39, 0.29) is 5.97 Å². The van der Waals surface area contributed by atoms with Gasteiger partial charge >= 0.3 is 11.9 Å². The number of allylic oxidation sites excluding steroid dienone is 2. The van der Waals surface area contributed by atoms with Crippen LogP contribution in [0.5, 0.6) is 0 Å². The molecule has 0 saturated heterocycles. The van der Waals surface area contributed by atoms with Crippen LogP contribution >= 0.6 is 0 Å². The molecule has 1 N–H and O–H groups in total. The first kappa shape index (κ1) is 52.5. The molecule has 0 atom stereocenters. The van der Waals surface area contributed by atoms with E-state index in [1.807, 2.05) is 6.92 Å². The number of unbranched alkanes of at least 4 members (excludes halogenated alkanes) is 28. The Labute approximate surface area is 326 Å². The summed E-state index contributed by atoms with van der Waals surface area (Å²) in [7, 11) is 0. The molecule has 4 heteroatoms. The SMILES string of the molecule is CCCCCCCCC(=CC(=O)OCC)CCCCCCCC.CCCCCCCCCCCCC(=CC(=O)O)CCCCCCCCCCCC. The van der Waals surface area contributed by atoms with Crippen LogP contribution in [0.3, 0.4) is 0 Å². The molecule has 0 unspecified atom stereocenters. The highest BCUT2D eigenvalue weighted by molar-refractivity contribution is 5.82. The first-order valence-corrected chi connectivity index (χ1v) is 23.2. The predicted molar refractivity (Wildman–Crippen MR) is 229 cm³/mol. The molecule has 0 aromatic carbocycles. The standard InChI is InChI=1S/C27H52O2.C21H40O2/c1-3-5-7-9-11-13-15-17-19-21-23-26(25-27(28)29)24-22-20-18-16-14-12-10-8-6-4-2;1-4-7-9-11-13-15-17-20(19-21(22)23-6-3)18-16-14-12-10-8-5-2/h25H,3-24H2,1-2H3,(H,28,29);19H,4-18H2,1-3H3. The van der Waals surface area contributed by atoms with Gasteiger partial charge in [0.2, 0.25) is 0 Å². The van der Waals surface area contributed by atoms with E-state index in [2.05, 4.69) is 27.7 Å². The fourth-order valence-corrected chi connectivity index (χ4v) is 7.01. The molecule has 308 valence electrons. The Morgan fingerprint density at radius 1 is 0.365 bits per heavy atom. The molecular formula is C48H92O4. The summed E-state index contributed by atoms with van der Waals surface area (Å²) in [5, 5.41) is 9.13. The van der Waals surface area contributed by atoms with Crippen LogP contribution in [0.25, 0.3) is 0 Å². The Morgan fingerprint density at radius 3 is 0.827 bits per heavy atom. The molecule has 0 aliphatic rings. The van der Waals surface area contributed by atoms with E-state index in [1.54, 1.807) is 6.08 Å². The molecule has 0 radical (unpaired) electrons. The van der Waals surface area contributed by atoms with Crippen molar-refractivity contribution in [2.75, 3.05) is 6.61 Å². The Balaban J connectivity index is 0. The molecule has 0 amide bonds. The number of hydrogen-bond donors (Lipinski definition) is 1. The van der Waals surface area contributed by atoms with Gasteiger partial charge in [0.15, 0.2) is 0 Å². The number of carboxylic acids is 1. The summed E-state index contributed by atoms with van der Waals surface area (Å²) in [6.07, 6.45) is 49.7. The number of rotatable bonds is 39. The number of ether oxygens (including phenoxy) is 1. The zero-order chi connectivity index (χ0) is 38.6. The molecule has 0 spiro atoms. The van der Waals surface area contributed by atoms with Gasteiger partial charge in [-0.15, -0.1) is 0 Å². The summed E-state index contributed by atoms with van der Waals surface area (Å²) in [6, 6.07) is 0. The van der Waals surface area contributed by atoms with E-state index in [1.165, 1.54) is 204 Å². The summed E-state index contributed by atoms with van der Waals surface area (Å²) in [5.74, 6) is -0.918. The van der Waals surface area contributed by atoms with Crippen LogP contribution in [0.4, 0.5) is 0 Å². The van der Waals surface area contributed by atoms with E-state index in [9.17, 15) is 9.59 Å². The van der Waals surface area contributed by atoms with Gasteiger partial charge in [0, 0.05) is 12.2 Å². The van der Waals surface area contributed by atoms with E-state index < -0.39 is 5.97 Å². The van der Waals surface area contributed by atoms with E-state index in [0.29, 0.717) is 6.61 Å². The van der Waals surface area contributed by atoms with Gasteiger partial charge in [-0.25, -0.2) is 9.59 Å². The minimum atomic E-state index is -0.765. The second kappa shape index (κ2) is 45.6. The molecule has 0 aliphatic heterocycles. The molecule has 0 saturated carbocycles. The smallest absolute Gasteiger partial charge is 0.330 e. The number of carboxylic acid groups (broad SMARTS) is 1. The lowest BCUT2D eigenvalue weighted by Crippen LogP contribution is -2.01. The molecule has 4 nitrogen and oxygen atoms in total. The lowest BCUT2D eigenvalue weighted by atomic mass is 9.98. The highest BCUT2D eigenvalue weighted by atomic mass is 16.5. The minimum Gasteiger partial charge on any atom is -0.478 e. The Kier molecular flexibility index (Phi) is 46.0. The minimum absolute atomic E-state index is 0.153. The second-order valence-electron chi connectivity index (χ2n) is 15.6. The first-order chi connectivity index (χ1) is 25.4. The average molecular weight is 733 g/mol. The van der Waals surface area contributed by atoms with Gasteiger partial charge in [0.05, 0.1) is 6.61 Å². The number of carbonyl (C=O) groups excluding carboxylic acids is 1. The van der Waals surface area contributed by atoms with Crippen molar-refractivity contribution >= 4 is 11.9 Å². The van der Waals surface area contributed by atoms with Gasteiger partial charge in [-0.1, -0.05) is 219 Å². The first-order valence-electron chi connectivity index (χ1n) is 23.2. The molecular weight excluding hydrogens is 641 g/mol. The van der Waals surface area contributed by atoms with E-state index >= 15 is 0 Å². The Morgan fingerprint density at radius 2 is 0.596 bits per heavy atom. The van der Waals surface area contributed by atoms with Crippen molar-refractivity contribution in [3.05, 3.63) is 23.3 Å². The summed E-state index contributed by atoms with van der Waals surface area (Å²) in [6.45, 7) is 11.4. The van der Waals surface area contributed by atoms with Crippen molar-refractivity contribution < 1.29 is 19.4 Å². The van der Waals surface area contributed by atoms with Gasteiger partial charge < -0.3 is 9.84 Å². The van der Waals surface area contributed by atoms with Gasteiger partial charge in [0.25, 0.3) is 0 Å². The maximum atomic E-state index is 11.7. The molecule has 0 aromatic rings. The molecule has 0 rings (SSSR count). The monoisotopic (exact) mass is 733 g/mol. The molecule has 0 aromatic heterocycles. The summed E-state index contributed by atoms with van der Waals surface area (Å²) in [4.78, 5) is 22.8. The van der Waals surface area contributed by atoms with Crippen molar-refractivity contribution in [2.45, 2.75) is 266 Å². The molecule has 0 fully saturated rings. The summed E-state index contributed by atoms with van der Waals surface area (Å²) < 4.78 is 5.08. The van der Waals surface area contributed by atoms with Crippen molar-refractivity contribution in [1.82, 2.24) is 0 Å². The summed E-state index contributed by atoms with van der Waals surface area (Å²) in [5.41, 5.74) is 2.46. The largest absolute Gasteiger partial charge is 0.478 e. The lowest BCUT2D eigenvalue weighted by Gasteiger charge is -2.08. The lowest BCUT2D eigenvalue weighted by molar-refractivity contribution is -0.137. The average Bonchev–Trinajstić information content (AvgIpc) is 3.12. The molecule has 52 heavy (non-hydrogen) atoms. The van der Waals surface area contributed by atoms with Crippen molar-refractivity contribution in [3.63, 3.8) is 0 Å². The van der Waals surface area contributed by atoms with Crippen LogP contribution in [0.1, 0.15) is 266 Å². The topological polar surface area (TPSA) is 63.6 Å². The fourth-order valence-electron chi connectivity index (χ4n) is 7.01. The second-order valence-corrected chi connectivity index (χ2v) is 15.6. The third kappa shape index (κ3) is 44.6. The zero-order valence-electron chi connectivity index (χ0n) is 36.0. The van der Waals surface area contributed by atoms with Crippen LogP contribution in [0.15, 0.2) is 23.3 Å². The van der Waals surface area contributed by atoms with Gasteiger partial charge in [-0.05, 0) is 58.3 Å². The summed E-state index contributed by atoms with van der Waals surface area (Å²) >= 11 is 0. The predicted octanol–water partition coefficient (Wildman–Crippen LogP) is 16.6.